The van der Waals surface area contributed by atoms with Gasteiger partial charge in [0.15, 0.2) is 0 Å². The smallest absolute Gasteiger partial charge is 0.349 e. The minimum atomic E-state index is -1.75. The molecule has 3 rings (SSSR count). The first-order valence-electron chi connectivity index (χ1n) is 9.24. The number of rotatable bonds is 10. The molecule has 7 heteroatoms. The van der Waals surface area contributed by atoms with Gasteiger partial charge in [-0.25, -0.2) is 4.79 Å². The number of thiophene rings is 2. The van der Waals surface area contributed by atoms with Crippen LogP contribution in [0.5, 0.6) is 0 Å². The molecule has 1 aliphatic rings. The Kier molecular flexibility index (Phi) is 6.70. The van der Waals surface area contributed by atoms with Gasteiger partial charge in [0.1, 0.15) is 6.10 Å². The fourth-order valence-electron chi connectivity index (χ4n) is 3.16. The average Bonchev–Trinajstić information content (AvgIpc) is 3.10. The van der Waals surface area contributed by atoms with E-state index in [1.54, 1.807) is 12.1 Å². The lowest BCUT2D eigenvalue weighted by molar-refractivity contribution is -0.168. The van der Waals surface area contributed by atoms with Crippen LogP contribution in [0.2, 0.25) is 0 Å². The molecule has 1 saturated heterocycles. The zero-order valence-corrected chi connectivity index (χ0v) is 17.6. The largest absolute Gasteiger partial charge is 0.460 e. The highest BCUT2D eigenvalue weighted by molar-refractivity contribution is 7.12. The quantitative estimate of drug-likeness (QED) is 0.481. The second kappa shape index (κ2) is 8.84. The van der Waals surface area contributed by atoms with E-state index >= 15 is 0 Å². The zero-order chi connectivity index (χ0) is 19.4. The summed E-state index contributed by atoms with van der Waals surface area (Å²) in [5.41, 5.74) is -1.75. The molecule has 1 N–H and O–H groups in total. The molecule has 0 spiro atoms. The maximum atomic E-state index is 13.1. The third kappa shape index (κ3) is 4.78. The van der Waals surface area contributed by atoms with Gasteiger partial charge in [-0.1, -0.05) is 19.1 Å². The Morgan fingerprint density at radius 1 is 1.33 bits per heavy atom. The van der Waals surface area contributed by atoms with Gasteiger partial charge in [-0.05, 0) is 56.3 Å². The summed E-state index contributed by atoms with van der Waals surface area (Å²) in [7, 11) is 4.07. The molecule has 2 aromatic heterocycles. The normalized spacial score (nSPS) is 19.1. The minimum absolute atomic E-state index is 0.255. The van der Waals surface area contributed by atoms with Crippen molar-refractivity contribution in [1.82, 2.24) is 4.90 Å². The van der Waals surface area contributed by atoms with E-state index in [4.69, 9.17) is 9.47 Å². The Morgan fingerprint density at radius 2 is 1.93 bits per heavy atom. The van der Waals surface area contributed by atoms with Gasteiger partial charge in [-0.2, -0.15) is 0 Å². The van der Waals surface area contributed by atoms with Crippen LogP contribution in [0.4, 0.5) is 0 Å². The van der Waals surface area contributed by atoms with E-state index in [1.807, 2.05) is 43.9 Å². The topological polar surface area (TPSA) is 62.3 Å². The monoisotopic (exact) mass is 409 g/mol. The second-order valence-electron chi connectivity index (χ2n) is 7.14. The van der Waals surface area contributed by atoms with E-state index in [2.05, 4.69) is 4.90 Å². The van der Waals surface area contributed by atoms with Crippen LogP contribution in [0, 0.1) is 0 Å². The van der Waals surface area contributed by atoms with Crippen LogP contribution in [-0.2, 0) is 19.9 Å². The van der Waals surface area contributed by atoms with E-state index in [0.717, 1.165) is 19.4 Å². The molecule has 1 unspecified atom stereocenters. The highest BCUT2D eigenvalue weighted by atomic mass is 32.1. The van der Waals surface area contributed by atoms with Crippen molar-refractivity contribution < 1.29 is 19.4 Å². The van der Waals surface area contributed by atoms with Crippen molar-refractivity contribution in [3.05, 3.63) is 44.8 Å². The number of carbonyl (C=O) groups is 1. The number of carbonyl (C=O) groups excluding carboxylic acids is 1. The molecule has 5 nitrogen and oxygen atoms in total. The van der Waals surface area contributed by atoms with Crippen LogP contribution in [-0.4, -0.2) is 54.9 Å². The summed E-state index contributed by atoms with van der Waals surface area (Å²) in [6, 6.07) is 7.49. The molecule has 3 heterocycles. The number of nitrogens with zero attached hydrogens (tertiary/aromatic N) is 1. The predicted molar refractivity (Wildman–Crippen MR) is 108 cm³/mol. The van der Waals surface area contributed by atoms with Crippen molar-refractivity contribution >= 4 is 28.6 Å². The first-order valence-corrected chi connectivity index (χ1v) is 11.0. The Labute approximate surface area is 168 Å². The van der Waals surface area contributed by atoms with Crippen LogP contribution >= 0.6 is 22.7 Å². The van der Waals surface area contributed by atoms with Gasteiger partial charge < -0.3 is 19.5 Å². The molecule has 148 valence electrons. The molecule has 27 heavy (non-hydrogen) atoms. The van der Waals surface area contributed by atoms with E-state index in [1.165, 1.54) is 22.7 Å². The van der Waals surface area contributed by atoms with Crippen molar-refractivity contribution in [2.45, 2.75) is 50.0 Å². The maximum Gasteiger partial charge on any atom is 0.349 e. The van der Waals surface area contributed by atoms with E-state index in [0.29, 0.717) is 22.3 Å². The average molecular weight is 410 g/mol. The van der Waals surface area contributed by atoms with Gasteiger partial charge in [-0.3, -0.25) is 0 Å². The Balaban J connectivity index is 1.75. The van der Waals surface area contributed by atoms with Crippen LogP contribution in [0.3, 0.4) is 0 Å². The van der Waals surface area contributed by atoms with E-state index in [9.17, 15) is 9.90 Å². The summed E-state index contributed by atoms with van der Waals surface area (Å²) in [5, 5.41) is 15.1. The van der Waals surface area contributed by atoms with Gasteiger partial charge >= 0.3 is 5.97 Å². The molecule has 0 radical (unpaired) electrons. The first-order chi connectivity index (χ1) is 12.9. The molecule has 3 atom stereocenters. The van der Waals surface area contributed by atoms with Crippen LogP contribution < -0.4 is 0 Å². The highest BCUT2D eigenvalue weighted by Gasteiger charge is 2.44. The maximum absolute atomic E-state index is 13.1. The third-order valence-electron chi connectivity index (χ3n) is 4.98. The molecule has 1 aliphatic heterocycles. The number of esters is 1. The van der Waals surface area contributed by atoms with Gasteiger partial charge in [0.05, 0.1) is 22.5 Å². The van der Waals surface area contributed by atoms with Crippen molar-refractivity contribution in [3.8, 4) is 0 Å². The number of epoxide rings is 1. The summed E-state index contributed by atoms with van der Waals surface area (Å²) >= 11 is 2.72. The first kappa shape index (κ1) is 20.5. The molecule has 2 aromatic rings. The molecule has 0 aliphatic carbocycles. The standard InChI is InChI=1S/C20H27NO4S2/c1-4-15(11-14(21(2)3)12-16-13-24-16)25-19(22)20(23,17-7-5-9-26-17)18-8-6-10-27-18/h5-10,14-16,23H,4,11-13H2,1-3H3/t14?,15-,16+/m1/s1. The Morgan fingerprint density at radius 3 is 2.33 bits per heavy atom. The van der Waals surface area contributed by atoms with Crippen molar-refractivity contribution in [3.63, 3.8) is 0 Å². The van der Waals surface area contributed by atoms with Crippen molar-refractivity contribution in [1.29, 1.82) is 0 Å². The van der Waals surface area contributed by atoms with Crippen molar-refractivity contribution in [2.75, 3.05) is 20.7 Å². The van der Waals surface area contributed by atoms with Gasteiger partial charge in [0, 0.05) is 6.04 Å². The number of ether oxygens (including phenoxy) is 2. The Hall–Kier alpha value is -1.25. The number of hydrogen-bond acceptors (Lipinski definition) is 7. The third-order valence-corrected chi connectivity index (χ3v) is 6.94. The molecule has 0 aromatic carbocycles. The lowest BCUT2D eigenvalue weighted by Gasteiger charge is -2.30. The fraction of sp³-hybridized carbons (Fsp3) is 0.550. The molecule has 1 fully saturated rings. The lowest BCUT2D eigenvalue weighted by atomic mass is 9.98. The molecular weight excluding hydrogens is 382 g/mol. The van der Waals surface area contributed by atoms with Crippen molar-refractivity contribution in [2.24, 2.45) is 0 Å². The van der Waals surface area contributed by atoms with Gasteiger partial charge in [0.2, 0.25) is 5.60 Å². The second-order valence-corrected chi connectivity index (χ2v) is 9.04. The molecule has 0 saturated carbocycles. The zero-order valence-electron chi connectivity index (χ0n) is 16.0. The molecule has 0 bridgehead atoms. The number of hydrogen-bond donors (Lipinski definition) is 1. The summed E-state index contributed by atoms with van der Waals surface area (Å²) in [4.78, 5) is 16.4. The van der Waals surface area contributed by atoms with Gasteiger partial charge in [-0.15, -0.1) is 22.7 Å². The summed E-state index contributed by atoms with van der Waals surface area (Å²) in [5.74, 6) is -0.598. The highest BCUT2D eigenvalue weighted by Crippen LogP contribution is 2.37. The molecular formula is C20H27NO4S2. The predicted octanol–water partition coefficient (Wildman–Crippen LogP) is 3.48. The Bertz CT molecular complexity index is 676. The summed E-state index contributed by atoms with van der Waals surface area (Å²) in [6.45, 7) is 2.82. The molecule has 0 amide bonds. The van der Waals surface area contributed by atoms with Crippen LogP contribution in [0.1, 0.15) is 35.9 Å². The van der Waals surface area contributed by atoms with Gasteiger partial charge in [0.25, 0.3) is 0 Å². The van der Waals surface area contributed by atoms with E-state index < -0.39 is 11.6 Å². The fourth-order valence-corrected chi connectivity index (χ4v) is 4.87. The van der Waals surface area contributed by atoms with Crippen LogP contribution in [0.15, 0.2) is 35.0 Å². The van der Waals surface area contributed by atoms with Crippen LogP contribution in [0.25, 0.3) is 0 Å². The minimum Gasteiger partial charge on any atom is -0.460 e. The summed E-state index contributed by atoms with van der Waals surface area (Å²) in [6.07, 6.45) is 2.42. The summed E-state index contributed by atoms with van der Waals surface area (Å²) < 4.78 is 11.2. The van der Waals surface area contributed by atoms with E-state index in [-0.39, 0.29) is 12.1 Å². The lowest BCUT2D eigenvalue weighted by Crippen LogP contribution is -2.41. The SMILES string of the molecule is CC[C@H](CC(C[C@H]1CO1)N(C)C)OC(=O)C(O)(c1cccs1)c1cccs1. The number of aliphatic hydroxyl groups is 1.